The summed E-state index contributed by atoms with van der Waals surface area (Å²) in [6, 6.07) is 16.0. The number of halogens is 4. The molecular weight excluding hydrogens is 456 g/mol. The molecule has 3 nitrogen and oxygen atoms in total. The summed E-state index contributed by atoms with van der Waals surface area (Å²) in [5.74, 6) is -0.432. The maximum absolute atomic E-state index is 14.3. The van der Waals surface area contributed by atoms with Crippen molar-refractivity contribution >= 4 is 50.7 Å². The van der Waals surface area contributed by atoms with Gasteiger partial charge in [-0.3, -0.25) is 4.79 Å². The number of alkyl halides is 1. The molecule has 0 aliphatic rings. The van der Waals surface area contributed by atoms with Crippen LogP contribution in [0, 0.1) is 5.82 Å². The summed E-state index contributed by atoms with van der Waals surface area (Å²) in [6.07, 6.45) is 0. The van der Waals surface area contributed by atoms with Crippen LogP contribution in [0.2, 0.25) is 10.0 Å². The molecular formula is C20H13BrCl2FNO2. The first-order valence-electron chi connectivity index (χ1n) is 7.85. The number of amides is 1. The number of nitrogens with one attached hydrogen (secondary N) is 1. The fourth-order valence-electron chi connectivity index (χ4n) is 2.28. The summed E-state index contributed by atoms with van der Waals surface area (Å²) in [5, 5.41) is 3.96. The van der Waals surface area contributed by atoms with Crippen LogP contribution in [0.1, 0.15) is 15.9 Å². The van der Waals surface area contributed by atoms with Crippen molar-refractivity contribution in [3.63, 3.8) is 0 Å². The molecule has 0 radical (unpaired) electrons. The van der Waals surface area contributed by atoms with Gasteiger partial charge in [0.1, 0.15) is 5.75 Å². The summed E-state index contributed by atoms with van der Waals surface area (Å²) in [6.45, 7) is 0. The van der Waals surface area contributed by atoms with Gasteiger partial charge in [0, 0.05) is 22.6 Å². The molecule has 0 aliphatic carbocycles. The molecule has 7 heteroatoms. The van der Waals surface area contributed by atoms with Crippen LogP contribution in [0.5, 0.6) is 11.5 Å². The number of carbonyl (C=O) groups is 1. The van der Waals surface area contributed by atoms with E-state index in [1.807, 2.05) is 12.1 Å². The fourth-order valence-corrected chi connectivity index (χ4v) is 2.95. The van der Waals surface area contributed by atoms with Gasteiger partial charge in [-0.15, -0.1) is 0 Å². The highest BCUT2D eigenvalue weighted by molar-refractivity contribution is 9.08. The summed E-state index contributed by atoms with van der Waals surface area (Å²) < 4.78 is 19.9. The summed E-state index contributed by atoms with van der Waals surface area (Å²) in [7, 11) is 0. The summed E-state index contributed by atoms with van der Waals surface area (Å²) in [5.41, 5.74) is 1.70. The Balaban J connectivity index is 1.71. The number of rotatable bonds is 5. The van der Waals surface area contributed by atoms with Crippen molar-refractivity contribution in [3.05, 3.63) is 87.7 Å². The third-order valence-corrected chi connectivity index (χ3v) is 5.06. The van der Waals surface area contributed by atoms with E-state index in [4.69, 9.17) is 27.9 Å². The highest BCUT2D eigenvalue weighted by atomic mass is 79.9. The Morgan fingerprint density at radius 2 is 1.74 bits per heavy atom. The smallest absolute Gasteiger partial charge is 0.255 e. The van der Waals surface area contributed by atoms with Gasteiger partial charge in [-0.05, 0) is 48.0 Å². The van der Waals surface area contributed by atoms with E-state index >= 15 is 0 Å². The minimum absolute atomic E-state index is 0.0640. The molecule has 3 aromatic carbocycles. The second-order valence-corrected chi connectivity index (χ2v) is 6.98. The zero-order valence-electron chi connectivity index (χ0n) is 13.8. The van der Waals surface area contributed by atoms with Crippen LogP contribution in [0.3, 0.4) is 0 Å². The second kappa shape index (κ2) is 8.74. The van der Waals surface area contributed by atoms with Crippen molar-refractivity contribution < 1.29 is 13.9 Å². The van der Waals surface area contributed by atoms with Crippen LogP contribution in [0.25, 0.3) is 0 Å². The zero-order valence-corrected chi connectivity index (χ0v) is 16.9. The van der Waals surface area contributed by atoms with Gasteiger partial charge in [-0.1, -0.05) is 51.3 Å². The first-order chi connectivity index (χ1) is 13.0. The van der Waals surface area contributed by atoms with Gasteiger partial charge < -0.3 is 10.1 Å². The van der Waals surface area contributed by atoms with Crippen molar-refractivity contribution in [3.8, 4) is 11.5 Å². The highest BCUT2D eigenvalue weighted by Gasteiger charge is 2.11. The average molecular weight is 469 g/mol. The van der Waals surface area contributed by atoms with Crippen molar-refractivity contribution in [2.24, 2.45) is 0 Å². The predicted octanol–water partition coefficient (Wildman–Crippen LogP) is 7.07. The Kier molecular flexibility index (Phi) is 6.37. The maximum atomic E-state index is 14.3. The van der Waals surface area contributed by atoms with Crippen molar-refractivity contribution in [1.82, 2.24) is 0 Å². The summed E-state index contributed by atoms with van der Waals surface area (Å²) in [4.78, 5) is 12.3. The third-order valence-electron chi connectivity index (χ3n) is 3.68. The zero-order chi connectivity index (χ0) is 19.4. The minimum atomic E-state index is -0.591. The number of anilines is 1. The first kappa shape index (κ1) is 19.7. The van der Waals surface area contributed by atoms with Gasteiger partial charge in [0.15, 0.2) is 11.6 Å². The normalized spacial score (nSPS) is 10.5. The number of ether oxygens (including phenoxy) is 1. The van der Waals surface area contributed by atoms with E-state index in [2.05, 4.69) is 21.2 Å². The van der Waals surface area contributed by atoms with E-state index in [0.717, 1.165) is 10.9 Å². The molecule has 0 aliphatic heterocycles. The van der Waals surface area contributed by atoms with Crippen LogP contribution < -0.4 is 10.1 Å². The molecule has 3 aromatic rings. The molecule has 0 fully saturated rings. The molecule has 0 heterocycles. The van der Waals surface area contributed by atoms with Crippen molar-refractivity contribution in [2.45, 2.75) is 5.33 Å². The van der Waals surface area contributed by atoms with Gasteiger partial charge in [0.2, 0.25) is 0 Å². The van der Waals surface area contributed by atoms with Crippen LogP contribution in [-0.4, -0.2) is 5.91 Å². The SMILES string of the molecule is O=C(Nc1ccc(Oc2ccc(CBr)cc2)c(F)c1)c1ccc(Cl)c(Cl)c1. The Bertz CT molecular complexity index is 980. The molecule has 138 valence electrons. The number of carbonyl (C=O) groups excluding carboxylic acids is 1. The van der Waals surface area contributed by atoms with Crippen LogP contribution in [0.15, 0.2) is 60.7 Å². The quantitative estimate of drug-likeness (QED) is 0.406. The molecule has 0 bridgehead atoms. The molecule has 0 atom stereocenters. The van der Waals surface area contributed by atoms with Gasteiger partial charge in [-0.25, -0.2) is 4.39 Å². The second-order valence-electron chi connectivity index (χ2n) is 5.61. The molecule has 3 rings (SSSR count). The Morgan fingerprint density at radius 1 is 1.00 bits per heavy atom. The van der Waals surface area contributed by atoms with Crippen molar-refractivity contribution in [1.29, 1.82) is 0 Å². The Hall–Kier alpha value is -2.08. The molecule has 0 aromatic heterocycles. The Morgan fingerprint density at radius 3 is 2.37 bits per heavy atom. The third kappa shape index (κ3) is 5.01. The molecule has 0 unspecified atom stereocenters. The largest absolute Gasteiger partial charge is 0.454 e. The fraction of sp³-hybridized carbons (Fsp3) is 0.0500. The molecule has 1 N–H and O–H groups in total. The standard InChI is InChI=1S/C20H13BrCl2FNO2/c21-11-12-1-5-15(6-2-12)27-19-8-4-14(10-18(19)24)25-20(26)13-3-7-16(22)17(23)9-13/h1-10H,11H2,(H,25,26). The van der Waals surface area contributed by atoms with Crippen LogP contribution in [0.4, 0.5) is 10.1 Å². The lowest BCUT2D eigenvalue weighted by atomic mass is 10.2. The molecule has 27 heavy (non-hydrogen) atoms. The van der Waals surface area contributed by atoms with E-state index in [1.54, 1.807) is 18.2 Å². The van der Waals surface area contributed by atoms with E-state index < -0.39 is 11.7 Å². The maximum Gasteiger partial charge on any atom is 0.255 e. The van der Waals surface area contributed by atoms with E-state index in [-0.39, 0.29) is 10.8 Å². The lowest BCUT2D eigenvalue weighted by Gasteiger charge is -2.10. The molecule has 1 amide bonds. The minimum Gasteiger partial charge on any atom is -0.454 e. The van der Waals surface area contributed by atoms with E-state index in [0.29, 0.717) is 22.0 Å². The van der Waals surface area contributed by atoms with Gasteiger partial charge >= 0.3 is 0 Å². The van der Waals surface area contributed by atoms with Gasteiger partial charge in [0.05, 0.1) is 10.0 Å². The predicted molar refractivity (Wildman–Crippen MR) is 110 cm³/mol. The monoisotopic (exact) mass is 467 g/mol. The van der Waals surface area contributed by atoms with Crippen LogP contribution >= 0.6 is 39.1 Å². The number of benzene rings is 3. The lowest BCUT2D eigenvalue weighted by Crippen LogP contribution is -2.12. The van der Waals surface area contributed by atoms with E-state index in [9.17, 15) is 9.18 Å². The first-order valence-corrected chi connectivity index (χ1v) is 9.72. The molecule has 0 saturated heterocycles. The Labute approximate surface area is 174 Å². The van der Waals surface area contributed by atoms with Crippen LogP contribution in [-0.2, 0) is 5.33 Å². The average Bonchev–Trinajstić information content (AvgIpc) is 2.66. The van der Waals surface area contributed by atoms with Gasteiger partial charge in [0.25, 0.3) is 5.91 Å². The lowest BCUT2D eigenvalue weighted by molar-refractivity contribution is 0.102. The summed E-state index contributed by atoms with van der Waals surface area (Å²) >= 11 is 15.1. The van der Waals surface area contributed by atoms with Gasteiger partial charge in [-0.2, -0.15) is 0 Å². The van der Waals surface area contributed by atoms with E-state index in [1.165, 1.54) is 30.3 Å². The van der Waals surface area contributed by atoms with Crippen molar-refractivity contribution in [2.75, 3.05) is 5.32 Å². The molecule has 0 spiro atoms. The topological polar surface area (TPSA) is 38.3 Å². The number of hydrogen-bond donors (Lipinski definition) is 1. The molecule has 0 saturated carbocycles. The number of hydrogen-bond acceptors (Lipinski definition) is 2. The highest BCUT2D eigenvalue weighted by Crippen LogP contribution is 2.28.